The van der Waals surface area contributed by atoms with Crippen molar-refractivity contribution in [3.8, 4) is 11.5 Å². The molecule has 0 saturated heterocycles. The summed E-state index contributed by atoms with van der Waals surface area (Å²) in [5.74, 6) is -0.401. The van der Waals surface area contributed by atoms with Gasteiger partial charge in [-0.3, -0.25) is 0 Å². The second-order valence-electron chi connectivity index (χ2n) is 1.52. The number of phenols is 2. The fourth-order valence-electron chi connectivity index (χ4n) is 0.454. The van der Waals surface area contributed by atoms with Crippen molar-refractivity contribution < 1.29 is 10.2 Å². The van der Waals surface area contributed by atoms with Crippen molar-refractivity contribution in [2.45, 2.75) is 0 Å². The predicted octanol–water partition coefficient (Wildman–Crippen LogP) is 1.66. The molecule has 0 unspecified atom stereocenters. The molecule has 47 valence electrons. The Morgan fingerprint density at radius 1 is 1.44 bits per heavy atom. The van der Waals surface area contributed by atoms with Crippen LogP contribution in [0, 0.1) is 6.07 Å². The standard InChI is InChI=1S/C6H4BrO2/c7-4-2-1-3-5(8)6(4)9/h1-2,8-9H. The van der Waals surface area contributed by atoms with Crippen molar-refractivity contribution >= 4 is 15.9 Å². The van der Waals surface area contributed by atoms with E-state index in [-0.39, 0.29) is 11.5 Å². The van der Waals surface area contributed by atoms with Crippen molar-refractivity contribution in [2.24, 2.45) is 0 Å². The van der Waals surface area contributed by atoms with Gasteiger partial charge in [-0.2, -0.15) is 0 Å². The molecule has 0 atom stereocenters. The number of hydrogen-bond acceptors (Lipinski definition) is 2. The van der Waals surface area contributed by atoms with Crippen LogP contribution >= 0.6 is 15.9 Å². The van der Waals surface area contributed by atoms with Crippen molar-refractivity contribution in [2.75, 3.05) is 0 Å². The number of phenolic OH excluding ortho intramolecular Hbond substituents is 2. The summed E-state index contributed by atoms with van der Waals surface area (Å²) in [7, 11) is 0. The van der Waals surface area contributed by atoms with E-state index in [0.29, 0.717) is 4.47 Å². The van der Waals surface area contributed by atoms with Gasteiger partial charge in [-0.1, -0.05) is 0 Å². The Bertz CT molecular complexity index is 202. The number of aromatic hydroxyl groups is 2. The minimum Gasteiger partial charge on any atom is -0.504 e. The van der Waals surface area contributed by atoms with E-state index < -0.39 is 0 Å². The Kier molecular flexibility index (Phi) is 1.62. The lowest BCUT2D eigenvalue weighted by molar-refractivity contribution is 0.400. The lowest BCUT2D eigenvalue weighted by atomic mass is 10.3. The minimum atomic E-state index is -0.232. The second-order valence-corrected chi connectivity index (χ2v) is 2.38. The maximum absolute atomic E-state index is 8.88. The fourth-order valence-corrected chi connectivity index (χ4v) is 0.774. The summed E-state index contributed by atoms with van der Waals surface area (Å²) in [5, 5.41) is 17.6. The molecule has 1 radical (unpaired) electrons. The van der Waals surface area contributed by atoms with E-state index in [4.69, 9.17) is 10.2 Å². The molecule has 0 saturated carbocycles. The highest BCUT2D eigenvalue weighted by atomic mass is 79.9. The van der Waals surface area contributed by atoms with Crippen LogP contribution in [-0.2, 0) is 0 Å². The highest BCUT2D eigenvalue weighted by Gasteiger charge is 2.00. The number of rotatable bonds is 0. The molecule has 1 rings (SSSR count). The molecule has 0 aliphatic heterocycles. The van der Waals surface area contributed by atoms with Crippen LogP contribution < -0.4 is 0 Å². The number of halogens is 1. The number of hydrogen-bond donors (Lipinski definition) is 2. The van der Waals surface area contributed by atoms with Crippen LogP contribution in [0.3, 0.4) is 0 Å². The van der Waals surface area contributed by atoms with E-state index in [0.717, 1.165) is 0 Å². The first-order chi connectivity index (χ1) is 4.22. The number of benzene rings is 1. The molecule has 9 heavy (non-hydrogen) atoms. The van der Waals surface area contributed by atoms with E-state index in [2.05, 4.69) is 22.0 Å². The highest BCUT2D eigenvalue weighted by molar-refractivity contribution is 9.10. The SMILES string of the molecule is Oc1[c]ccc(Br)c1O. The van der Waals surface area contributed by atoms with Gasteiger partial charge in [0.1, 0.15) is 0 Å². The maximum Gasteiger partial charge on any atom is 0.172 e. The molecule has 0 aliphatic rings. The Morgan fingerprint density at radius 3 is 2.56 bits per heavy atom. The first-order valence-electron chi connectivity index (χ1n) is 2.30. The second kappa shape index (κ2) is 2.27. The molecular formula is C6H4BrO2. The Morgan fingerprint density at radius 2 is 2.11 bits per heavy atom. The van der Waals surface area contributed by atoms with Crippen LogP contribution in [-0.4, -0.2) is 10.2 Å². The van der Waals surface area contributed by atoms with Crippen molar-refractivity contribution in [3.05, 3.63) is 22.7 Å². The Labute approximate surface area is 60.9 Å². The first kappa shape index (κ1) is 6.42. The molecule has 0 fully saturated rings. The van der Waals surface area contributed by atoms with Gasteiger partial charge in [0.15, 0.2) is 11.5 Å². The van der Waals surface area contributed by atoms with Gasteiger partial charge >= 0.3 is 0 Å². The third-order valence-electron chi connectivity index (χ3n) is 0.900. The maximum atomic E-state index is 8.88. The fraction of sp³-hybridized carbons (Fsp3) is 0. The third-order valence-corrected chi connectivity index (χ3v) is 1.54. The molecule has 2 N–H and O–H groups in total. The van der Waals surface area contributed by atoms with Gasteiger partial charge < -0.3 is 10.2 Å². The molecule has 1 aromatic carbocycles. The monoisotopic (exact) mass is 187 g/mol. The zero-order valence-corrected chi connectivity index (χ0v) is 6.01. The molecule has 0 amide bonds. The van der Waals surface area contributed by atoms with E-state index in [1.54, 1.807) is 6.07 Å². The van der Waals surface area contributed by atoms with Gasteiger partial charge in [-0.15, -0.1) is 0 Å². The molecule has 1 aromatic rings. The summed E-state index contributed by atoms with van der Waals surface area (Å²) in [6.07, 6.45) is 0. The third kappa shape index (κ3) is 1.16. The van der Waals surface area contributed by atoms with Crippen LogP contribution in [0.4, 0.5) is 0 Å². The van der Waals surface area contributed by atoms with Crippen molar-refractivity contribution in [1.29, 1.82) is 0 Å². The van der Waals surface area contributed by atoms with Crippen LogP contribution in [0.2, 0.25) is 0 Å². The zero-order chi connectivity index (χ0) is 6.85. The average Bonchev–Trinajstić information content (AvgIpc) is 1.83. The summed E-state index contributed by atoms with van der Waals surface area (Å²) in [5.41, 5.74) is 0. The molecule has 3 heteroatoms. The first-order valence-corrected chi connectivity index (χ1v) is 3.09. The molecule has 0 aromatic heterocycles. The lowest BCUT2D eigenvalue weighted by Gasteiger charge is -1.95. The van der Waals surface area contributed by atoms with Crippen LogP contribution in [0.5, 0.6) is 11.5 Å². The largest absolute Gasteiger partial charge is 0.504 e. The molecule has 0 aliphatic carbocycles. The van der Waals surface area contributed by atoms with E-state index in [1.807, 2.05) is 0 Å². The molecule has 2 nitrogen and oxygen atoms in total. The molecule has 0 bridgehead atoms. The quantitative estimate of drug-likeness (QED) is 0.607. The van der Waals surface area contributed by atoms with E-state index in [9.17, 15) is 0 Å². The topological polar surface area (TPSA) is 40.5 Å². The van der Waals surface area contributed by atoms with Gasteiger partial charge in [-0.25, -0.2) is 0 Å². The van der Waals surface area contributed by atoms with Gasteiger partial charge in [-0.05, 0) is 28.1 Å². The Hall–Kier alpha value is -0.700. The van der Waals surface area contributed by atoms with Gasteiger partial charge in [0.2, 0.25) is 0 Å². The molecule has 0 heterocycles. The summed E-state index contributed by atoms with van der Waals surface area (Å²) < 4.78 is 0.471. The predicted molar refractivity (Wildman–Crippen MR) is 36.3 cm³/mol. The van der Waals surface area contributed by atoms with E-state index >= 15 is 0 Å². The normalized spacial score (nSPS) is 9.44. The summed E-state index contributed by atoms with van der Waals surface area (Å²) in [4.78, 5) is 0. The molecule has 0 spiro atoms. The van der Waals surface area contributed by atoms with Gasteiger partial charge in [0.25, 0.3) is 0 Å². The summed E-state index contributed by atoms with van der Waals surface area (Å²) in [6.45, 7) is 0. The highest BCUT2D eigenvalue weighted by Crippen LogP contribution is 2.31. The average molecular weight is 188 g/mol. The zero-order valence-electron chi connectivity index (χ0n) is 4.43. The van der Waals surface area contributed by atoms with Crippen molar-refractivity contribution in [1.82, 2.24) is 0 Å². The van der Waals surface area contributed by atoms with Crippen LogP contribution in [0.25, 0.3) is 0 Å². The van der Waals surface area contributed by atoms with E-state index in [1.165, 1.54) is 6.07 Å². The van der Waals surface area contributed by atoms with Crippen molar-refractivity contribution in [3.63, 3.8) is 0 Å². The summed E-state index contributed by atoms with van der Waals surface area (Å²) in [6, 6.07) is 5.52. The molecular weight excluding hydrogens is 184 g/mol. The lowest BCUT2D eigenvalue weighted by Crippen LogP contribution is -1.68. The Balaban J connectivity index is 3.25. The van der Waals surface area contributed by atoms with Gasteiger partial charge in [0.05, 0.1) is 4.47 Å². The minimum absolute atomic E-state index is 0.169. The van der Waals surface area contributed by atoms with Gasteiger partial charge in [0, 0.05) is 6.07 Å². The van der Waals surface area contributed by atoms with Crippen LogP contribution in [0.15, 0.2) is 16.6 Å². The summed E-state index contributed by atoms with van der Waals surface area (Å²) >= 11 is 3.02. The smallest absolute Gasteiger partial charge is 0.172 e. The van der Waals surface area contributed by atoms with Crippen LogP contribution in [0.1, 0.15) is 0 Å².